The highest BCUT2D eigenvalue weighted by atomic mass is 35.5. The Balaban J connectivity index is 1.87. The number of nitrogens with one attached hydrogen (secondary N) is 2. The van der Waals surface area contributed by atoms with Gasteiger partial charge in [0.15, 0.2) is 0 Å². The summed E-state index contributed by atoms with van der Waals surface area (Å²) in [6.07, 6.45) is -1.83. The van der Waals surface area contributed by atoms with Gasteiger partial charge in [-0.05, 0) is 31.2 Å². The van der Waals surface area contributed by atoms with Gasteiger partial charge in [-0.1, -0.05) is 23.2 Å². The molecule has 1 amide bonds. The lowest BCUT2D eigenvalue weighted by atomic mass is 10.1. The molecule has 1 heterocycles. The van der Waals surface area contributed by atoms with Crippen molar-refractivity contribution in [2.45, 2.75) is 13.0 Å². The minimum absolute atomic E-state index is 0.0874. The first kappa shape index (κ1) is 17.3. The van der Waals surface area contributed by atoms with Gasteiger partial charge in [0, 0.05) is 16.7 Å². The lowest BCUT2D eigenvalue weighted by Crippen LogP contribution is -2.08. The molecular formula is C16H12Cl2FN3O3. The van der Waals surface area contributed by atoms with Gasteiger partial charge in [0.25, 0.3) is 0 Å². The number of H-pyrrole nitrogens is 1. The van der Waals surface area contributed by atoms with Gasteiger partial charge in [-0.3, -0.25) is 5.32 Å². The molecule has 0 aliphatic carbocycles. The summed E-state index contributed by atoms with van der Waals surface area (Å²) in [6, 6.07) is 7.57. The number of hydrogen-bond donors (Lipinski definition) is 3. The van der Waals surface area contributed by atoms with Crippen molar-refractivity contribution >= 4 is 46.3 Å². The van der Waals surface area contributed by atoms with Crippen molar-refractivity contribution in [1.29, 1.82) is 0 Å². The second-order valence-corrected chi connectivity index (χ2v) is 6.00. The molecule has 0 saturated carbocycles. The standard InChI is InChI=1S/C16H12Cl2FN3O3/c1-7(13-9(17)3-4-10(19)14(13)18)25-8-2-5-11-12(6-8)21-15(20-11)22-16(23)24/h2-7H,1H3,(H,23,24)(H2,20,21,22). The summed E-state index contributed by atoms with van der Waals surface area (Å²) < 4.78 is 19.5. The van der Waals surface area contributed by atoms with Crippen molar-refractivity contribution < 1.29 is 19.0 Å². The molecule has 1 atom stereocenters. The van der Waals surface area contributed by atoms with Crippen molar-refractivity contribution in [3.63, 3.8) is 0 Å². The predicted octanol–water partition coefficient (Wildman–Crippen LogP) is 5.24. The number of fused-ring (bicyclic) bond motifs is 1. The number of carbonyl (C=O) groups is 1. The van der Waals surface area contributed by atoms with Crippen LogP contribution in [0.3, 0.4) is 0 Å². The SMILES string of the molecule is CC(Oc1ccc2nc(NC(=O)O)[nH]c2c1)c1c(Cl)ccc(F)c1Cl. The van der Waals surface area contributed by atoms with Crippen molar-refractivity contribution in [2.75, 3.05) is 5.32 Å². The minimum atomic E-state index is -1.22. The zero-order valence-corrected chi connectivity index (χ0v) is 14.3. The van der Waals surface area contributed by atoms with E-state index in [4.69, 9.17) is 33.0 Å². The number of benzene rings is 2. The summed E-state index contributed by atoms with van der Waals surface area (Å²) in [6.45, 7) is 1.70. The first-order valence-corrected chi connectivity index (χ1v) is 7.90. The van der Waals surface area contributed by atoms with E-state index in [1.807, 2.05) is 0 Å². The second kappa shape index (κ2) is 6.78. The van der Waals surface area contributed by atoms with Crippen molar-refractivity contribution in [2.24, 2.45) is 0 Å². The first-order valence-electron chi connectivity index (χ1n) is 7.15. The topological polar surface area (TPSA) is 87.2 Å². The minimum Gasteiger partial charge on any atom is -0.486 e. The van der Waals surface area contributed by atoms with E-state index in [0.29, 0.717) is 27.4 Å². The van der Waals surface area contributed by atoms with E-state index >= 15 is 0 Å². The molecule has 0 saturated heterocycles. The third kappa shape index (κ3) is 3.62. The zero-order valence-electron chi connectivity index (χ0n) is 12.8. The number of imidazole rings is 1. The molecule has 25 heavy (non-hydrogen) atoms. The number of halogens is 3. The quantitative estimate of drug-likeness (QED) is 0.537. The molecule has 3 N–H and O–H groups in total. The number of hydrogen-bond acceptors (Lipinski definition) is 3. The molecule has 9 heteroatoms. The number of ether oxygens (including phenoxy) is 1. The van der Waals surface area contributed by atoms with E-state index in [1.165, 1.54) is 12.1 Å². The van der Waals surface area contributed by atoms with E-state index in [1.54, 1.807) is 25.1 Å². The molecule has 1 unspecified atom stereocenters. The van der Waals surface area contributed by atoms with Crippen LogP contribution >= 0.6 is 23.2 Å². The van der Waals surface area contributed by atoms with Crippen LogP contribution in [0.25, 0.3) is 11.0 Å². The summed E-state index contributed by atoms with van der Waals surface area (Å²) in [5.74, 6) is -0.0178. The Hall–Kier alpha value is -2.51. The molecular weight excluding hydrogens is 372 g/mol. The molecule has 130 valence electrons. The Labute approximate surface area is 151 Å². The van der Waals surface area contributed by atoms with E-state index in [9.17, 15) is 9.18 Å². The van der Waals surface area contributed by atoms with E-state index in [2.05, 4.69) is 15.3 Å². The smallest absolute Gasteiger partial charge is 0.411 e. The Morgan fingerprint density at radius 2 is 2.12 bits per heavy atom. The summed E-state index contributed by atoms with van der Waals surface area (Å²) in [7, 11) is 0. The average Bonchev–Trinajstić information content (AvgIpc) is 2.92. The predicted molar refractivity (Wildman–Crippen MR) is 93.2 cm³/mol. The summed E-state index contributed by atoms with van der Waals surface area (Å²) in [5.41, 5.74) is 1.48. The van der Waals surface area contributed by atoms with Gasteiger partial charge in [-0.15, -0.1) is 0 Å². The van der Waals surface area contributed by atoms with Crippen LogP contribution in [0, 0.1) is 5.82 Å². The largest absolute Gasteiger partial charge is 0.486 e. The molecule has 0 fully saturated rings. The number of nitrogens with zero attached hydrogens (tertiary/aromatic N) is 1. The molecule has 0 bridgehead atoms. The van der Waals surface area contributed by atoms with Gasteiger partial charge in [0.1, 0.15) is 17.7 Å². The first-order chi connectivity index (χ1) is 11.8. The highest BCUT2D eigenvalue weighted by Crippen LogP contribution is 2.35. The monoisotopic (exact) mass is 383 g/mol. The van der Waals surface area contributed by atoms with E-state index < -0.39 is 18.0 Å². The summed E-state index contributed by atoms with van der Waals surface area (Å²) in [5, 5.41) is 11.1. The molecule has 3 aromatic rings. The molecule has 3 rings (SSSR count). The normalized spacial score (nSPS) is 12.2. The van der Waals surface area contributed by atoms with Crippen LogP contribution in [0.5, 0.6) is 5.75 Å². The Morgan fingerprint density at radius 1 is 1.36 bits per heavy atom. The van der Waals surface area contributed by atoms with Gasteiger partial charge >= 0.3 is 6.09 Å². The van der Waals surface area contributed by atoms with Gasteiger partial charge in [-0.25, -0.2) is 14.2 Å². The van der Waals surface area contributed by atoms with Crippen LogP contribution in [0.4, 0.5) is 15.1 Å². The fourth-order valence-corrected chi connectivity index (χ4v) is 3.08. The lowest BCUT2D eigenvalue weighted by Gasteiger charge is -2.18. The van der Waals surface area contributed by atoms with Gasteiger partial charge in [-0.2, -0.15) is 0 Å². The molecule has 1 aromatic heterocycles. The van der Waals surface area contributed by atoms with Crippen molar-refractivity contribution in [3.05, 3.63) is 51.8 Å². The van der Waals surface area contributed by atoms with Crippen LogP contribution in [-0.4, -0.2) is 21.2 Å². The molecule has 0 aliphatic rings. The van der Waals surface area contributed by atoms with Crippen LogP contribution in [0.1, 0.15) is 18.6 Å². The van der Waals surface area contributed by atoms with Crippen molar-refractivity contribution in [1.82, 2.24) is 9.97 Å². The van der Waals surface area contributed by atoms with Crippen LogP contribution in [-0.2, 0) is 0 Å². The van der Waals surface area contributed by atoms with E-state index in [0.717, 1.165) is 0 Å². The summed E-state index contributed by atoms with van der Waals surface area (Å²) >= 11 is 12.1. The molecule has 2 aromatic carbocycles. The second-order valence-electron chi connectivity index (χ2n) is 5.21. The Bertz CT molecular complexity index is 961. The highest BCUT2D eigenvalue weighted by Gasteiger charge is 2.19. The Kier molecular flexibility index (Phi) is 4.69. The van der Waals surface area contributed by atoms with Gasteiger partial charge in [0.2, 0.25) is 5.95 Å². The number of anilines is 1. The summed E-state index contributed by atoms with van der Waals surface area (Å²) in [4.78, 5) is 17.5. The fourth-order valence-electron chi connectivity index (χ4n) is 2.40. The number of carboxylic acid groups (broad SMARTS) is 1. The fraction of sp³-hybridized carbons (Fsp3) is 0.125. The van der Waals surface area contributed by atoms with E-state index in [-0.39, 0.29) is 11.0 Å². The third-order valence-corrected chi connectivity index (χ3v) is 4.19. The average molecular weight is 384 g/mol. The van der Waals surface area contributed by atoms with Gasteiger partial charge in [0.05, 0.1) is 16.1 Å². The maximum atomic E-state index is 13.7. The number of amides is 1. The lowest BCUT2D eigenvalue weighted by molar-refractivity contribution is 0.209. The van der Waals surface area contributed by atoms with Gasteiger partial charge < -0.3 is 14.8 Å². The van der Waals surface area contributed by atoms with Crippen molar-refractivity contribution in [3.8, 4) is 5.75 Å². The van der Waals surface area contributed by atoms with Crippen LogP contribution in [0.15, 0.2) is 30.3 Å². The maximum Gasteiger partial charge on any atom is 0.411 e. The number of rotatable bonds is 4. The zero-order chi connectivity index (χ0) is 18.1. The molecule has 0 aliphatic heterocycles. The van der Waals surface area contributed by atoms with Crippen LogP contribution < -0.4 is 10.1 Å². The van der Waals surface area contributed by atoms with Crippen LogP contribution in [0.2, 0.25) is 10.0 Å². The molecule has 0 radical (unpaired) electrons. The molecule has 6 nitrogen and oxygen atoms in total. The number of aromatic amines is 1. The highest BCUT2D eigenvalue weighted by molar-refractivity contribution is 6.36. The third-order valence-electron chi connectivity index (χ3n) is 3.48. The molecule has 0 spiro atoms. The maximum absolute atomic E-state index is 13.7. The number of aromatic nitrogens is 2. The Morgan fingerprint density at radius 3 is 2.84 bits per heavy atom.